The maximum absolute atomic E-state index is 12.4. The summed E-state index contributed by atoms with van der Waals surface area (Å²) in [7, 11) is -3.91. The van der Waals surface area contributed by atoms with Crippen molar-refractivity contribution in [1.29, 1.82) is 0 Å². The van der Waals surface area contributed by atoms with E-state index in [1.165, 1.54) is 22.8 Å². The summed E-state index contributed by atoms with van der Waals surface area (Å²) in [5, 5.41) is 1.97. The Morgan fingerprint density at radius 2 is 2.08 bits per heavy atom. The van der Waals surface area contributed by atoms with Crippen LogP contribution >= 0.6 is 11.3 Å². The fraction of sp³-hybridized carbons (Fsp3) is 0.214. The van der Waals surface area contributed by atoms with Crippen molar-refractivity contribution in [3.05, 3.63) is 50.2 Å². The Bertz CT molecular complexity index is 1140. The largest absolute Gasteiger partial charge is 0.422 e. The first-order valence-corrected chi connectivity index (χ1v) is 9.31. The summed E-state index contributed by atoms with van der Waals surface area (Å²) in [6.45, 7) is 3.76. The normalized spacial score (nSPS) is 11.8. The number of anilines is 1. The van der Waals surface area contributed by atoms with Crippen molar-refractivity contribution in [3.63, 3.8) is 0 Å². The summed E-state index contributed by atoms with van der Waals surface area (Å²) in [4.78, 5) is 27.5. The highest BCUT2D eigenvalue weighted by atomic mass is 32.2. The van der Waals surface area contributed by atoms with E-state index in [-0.39, 0.29) is 15.4 Å². The van der Waals surface area contributed by atoms with Crippen molar-refractivity contribution < 1.29 is 12.8 Å². The second-order valence-electron chi connectivity index (χ2n) is 4.98. The number of aromatic nitrogens is 2. The highest BCUT2D eigenvalue weighted by Gasteiger charge is 2.18. The van der Waals surface area contributed by atoms with E-state index < -0.39 is 21.4 Å². The molecule has 10 heteroatoms. The van der Waals surface area contributed by atoms with Gasteiger partial charge in [0, 0.05) is 11.9 Å². The van der Waals surface area contributed by atoms with Crippen LogP contribution in [0.5, 0.6) is 0 Å². The standard InChI is InChI=1S/C14H13N3O5S2/c1-3-17-11-5-4-9(6-10(11)12(18)22-14(17)19)24(20,21)16-13-15-8(2)7-23-13/h4-7H,3H2,1-2H3,(H,15,16). The lowest BCUT2D eigenvalue weighted by atomic mass is 10.2. The zero-order valence-corrected chi connectivity index (χ0v) is 14.4. The molecule has 0 amide bonds. The molecule has 0 aliphatic heterocycles. The number of rotatable bonds is 4. The van der Waals surface area contributed by atoms with Crippen molar-refractivity contribution in [1.82, 2.24) is 9.55 Å². The van der Waals surface area contributed by atoms with Gasteiger partial charge in [-0.3, -0.25) is 9.29 Å². The van der Waals surface area contributed by atoms with E-state index in [1.54, 1.807) is 19.2 Å². The maximum atomic E-state index is 12.4. The van der Waals surface area contributed by atoms with Crippen molar-refractivity contribution in [2.75, 3.05) is 4.72 Å². The van der Waals surface area contributed by atoms with E-state index in [0.717, 1.165) is 11.3 Å². The van der Waals surface area contributed by atoms with E-state index in [0.29, 0.717) is 17.8 Å². The van der Waals surface area contributed by atoms with Crippen molar-refractivity contribution in [2.45, 2.75) is 25.3 Å². The SMILES string of the molecule is CCn1c(=O)oc(=O)c2cc(S(=O)(=O)Nc3nc(C)cs3)ccc21. The van der Waals surface area contributed by atoms with Crippen molar-refractivity contribution in [3.8, 4) is 0 Å². The van der Waals surface area contributed by atoms with E-state index in [4.69, 9.17) is 0 Å². The number of benzene rings is 1. The molecule has 8 nitrogen and oxygen atoms in total. The molecule has 1 aromatic carbocycles. The molecule has 0 bridgehead atoms. The average molecular weight is 367 g/mol. The molecule has 0 atom stereocenters. The third-order valence-electron chi connectivity index (χ3n) is 3.35. The van der Waals surface area contributed by atoms with Gasteiger partial charge in [0.25, 0.3) is 10.0 Å². The highest BCUT2D eigenvalue weighted by molar-refractivity contribution is 7.93. The molecule has 0 radical (unpaired) electrons. The van der Waals surface area contributed by atoms with Gasteiger partial charge in [-0.05, 0) is 32.0 Å². The van der Waals surface area contributed by atoms with Crippen LogP contribution in [-0.2, 0) is 16.6 Å². The molecule has 2 aromatic heterocycles. The molecule has 0 saturated carbocycles. The second kappa shape index (κ2) is 5.87. The lowest BCUT2D eigenvalue weighted by Crippen LogP contribution is -2.24. The van der Waals surface area contributed by atoms with Crippen molar-refractivity contribution >= 4 is 37.4 Å². The zero-order chi connectivity index (χ0) is 17.5. The van der Waals surface area contributed by atoms with Crippen LogP contribution in [0, 0.1) is 6.92 Å². The van der Waals surface area contributed by atoms with Gasteiger partial charge in [-0.2, -0.15) is 0 Å². The summed E-state index contributed by atoms with van der Waals surface area (Å²) >= 11 is 1.16. The van der Waals surface area contributed by atoms with E-state index in [2.05, 4.69) is 14.1 Å². The van der Waals surface area contributed by atoms with Gasteiger partial charge in [0.2, 0.25) is 0 Å². The second-order valence-corrected chi connectivity index (χ2v) is 7.52. The molecule has 0 spiro atoms. The van der Waals surface area contributed by atoms with Crippen LogP contribution in [-0.4, -0.2) is 18.0 Å². The number of nitrogens with one attached hydrogen (secondary N) is 1. The molecule has 0 fully saturated rings. The predicted octanol–water partition coefficient (Wildman–Crippen LogP) is 1.54. The van der Waals surface area contributed by atoms with Crippen molar-refractivity contribution in [2.24, 2.45) is 0 Å². The van der Waals surface area contributed by atoms with Gasteiger partial charge in [-0.15, -0.1) is 11.3 Å². The smallest absolute Gasteiger partial charge is 0.372 e. The summed E-state index contributed by atoms with van der Waals surface area (Å²) in [5.41, 5.74) is 0.147. The molecule has 0 saturated heterocycles. The third kappa shape index (κ3) is 2.85. The van der Waals surface area contributed by atoms with Crippen LogP contribution in [0.3, 0.4) is 0 Å². The quantitative estimate of drug-likeness (QED) is 0.749. The lowest BCUT2D eigenvalue weighted by molar-refractivity contribution is 0.421. The van der Waals surface area contributed by atoms with Gasteiger partial charge in [0.15, 0.2) is 5.13 Å². The minimum Gasteiger partial charge on any atom is -0.372 e. The minimum absolute atomic E-state index is 0.0228. The first kappa shape index (κ1) is 16.4. The fourth-order valence-electron chi connectivity index (χ4n) is 2.24. The Morgan fingerprint density at radius 1 is 1.33 bits per heavy atom. The minimum atomic E-state index is -3.91. The molecule has 126 valence electrons. The maximum Gasteiger partial charge on any atom is 0.422 e. The fourth-order valence-corrected chi connectivity index (χ4v) is 4.21. The summed E-state index contributed by atoms with van der Waals surface area (Å²) in [6.07, 6.45) is 0. The number of hydrogen-bond donors (Lipinski definition) is 1. The van der Waals surface area contributed by atoms with E-state index in [9.17, 15) is 18.0 Å². The van der Waals surface area contributed by atoms with Crippen LogP contribution < -0.4 is 16.1 Å². The van der Waals surface area contributed by atoms with Gasteiger partial charge in [0.1, 0.15) is 0 Å². The number of aryl methyl sites for hydroxylation is 2. The molecule has 0 aliphatic rings. The average Bonchev–Trinajstić information content (AvgIpc) is 2.91. The zero-order valence-electron chi connectivity index (χ0n) is 12.8. The molecular weight excluding hydrogens is 354 g/mol. The van der Waals surface area contributed by atoms with E-state index in [1.807, 2.05) is 0 Å². The molecule has 3 rings (SSSR count). The summed E-state index contributed by atoms with van der Waals surface area (Å²) < 4.78 is 33.1. The van der Waals surface area contributed by atoms with Crippen LogP contribution in [0.15, 0.2) is 42.5 Å². The number of thiazole rings is 1. The topological polar surface area (TPSA) is 111 Å². The molecule has 24 heavy (non-hydrogen) atoms. The third-order valence-corrected chi connectivity index (χ3v) is 5.69. The number of fused-ring (bicyclic) bond motifs is 1. The van der Waals surface area contributed by atoms with Crippen LogP contribution in [0.25, 0.3) is 10.9 Å². The first-order chi connectivity index (χ1) is 11.3. The monoisotopic (exact) mass is 367 g/mol. The number of nitrogens with zero attached hydrogens (tertiary/aromatic N) is 2. The van der Waals surface area contributed by atoms with Crippen LogP contribution in [0.4, 0.5) is 5.13 Å². The first-order valence-electron chi connectivity index (χ1n) is 6.94. The molecule has 3 aromatic rings. The Hall–Kier alpha value is -2.46. The predicted molar refractivity (Wildman–Crippen MR) is 90.1 cm³/mol. The molecular formula is C14H13N3O5S2. The van der Waals surface area contributed by atoms with Crippen LogP contribution in [0.2, 0.25) is 0 Å². The van der Waals surface area contributed by atoms with Gasteiger partial charge in [0.05, 0.1) is 21.5 Å². The van der Waals surface area contributed by atoms with Gasteiger partial charge in [-0.25, -0.2) is 23.0 Å². The molecule has 0 aliphatic carbocycles. The Kier molecular flexibility index (Phi) is 4.01. The Morgan fingerprint density at radius 3 is 2.71 bits per heavy atom. The molecule has 2 heterocycles. The van der Waals surface area contributed by atoms with Gasteiger partial charge < -0.3 is 4.42 Å². The van der Waals surface area contributed by atoms with Gasteiger partial charge in [-0.1, -0.05) is 0 Å². The lowest BCUT2D eigenvalue weighted by Gasteiger charge is -2.08. The molecule has 1 N–H and O–H groups in total. The Labute approximate surface area is 140 Å². The van der Waals surface area contributed by atoms with Crippen LogP contribution in [0.1, 0.15) is 12.6 Å². The number of hydrogen-bond acceptors (Lipinski definition) is 7. The molecule has 0 unspecified atom stereocenters. The van der Waals surface area contributed by atoms with Gasteiger partial charge >= 0.3 is 11.4 Å². The Balaban J connectivity index is 2.14. The summed E-state index contributed by atoms with van der Waals surface area (Å²) in [6, 6.07) is 3.94. The van der Waals surface area contributed by atoms with E-state index >= 15 is 0 Å². The highest BCUT2D eigenvalue weighted by Crippen LogP contribution is 2.21. The summed E-state index contributed by atoms with van der Waals surface area (Å²) in [5.74, 6) is -0.776. The number of sulfonamides is 1.